The Balaban J connectivity index is 2.17. The van der Waals surface area contributed by atoms with E-state index < -0.39 is 5.97 Å². The molecule has 0 unspecified atom stereocenters. The first-order chi connectivity index (χ1) is 10.4. The van der Waals surface area contributed by atoms with E-state index >= 15 is 0 Å². The molecule has 0 spiro atoms. The topological polar surface area (TPSA) is 93.3 Å². The Hall–Kier alpha value is -2.16. The molecule has 1 amide bonds. The molecule has 0 aliphatic rings. The summed E-state index contributed by atoms with van der Waals surface area (Å²) in [5.41, 5.74) is 1.12. The predicted octanol–water partition coefficient (Wildman–Crippen LogP) is 1.22. The quantitative estimate of drug-likeness (QED) is 0.825. The summed E-state index contributed by atoms with van der Waals surface area (Å²) in [5.74, 6) is -1.35. The molecule has 118 valence electrons. The molecule has 0 bridgehead atoms. The van der Waals surface area contributed by atoms with E-state index in [9.17, 15) is 9.59 Å². The van der Waals surface area contributed by atoms with E-state index in [1.54, 1.807) is 17.9 Å². The van der Waals surface area contributed by atoms with Crippen molar-refractivity contribution in [3.05, 3.63) is 34.3 Å². The second-order valence-electron chi connectivity index (χ2n) is 4.68. The van der Waals surface area contributed by atoms with Gasteiger partial charge in [-0.05, 0) is 28.9 Å². The van der Waals surface area contributed by atoms with Gasteiger partial charge >= 0.3 is 5.97 Å². The zero-order valence-corrected chi connectivity index (χ0v) is 13.8. The molecule has 0 aromatic carbocycles. The number of carboxylic acid groups (broad SMARTS) is 1. The molecular weight excluding hydrogens is 354 g/mol. The molecule has 0 saturated carbocycles. The third-order valence-corrected chi connectivity index (χ3v) is 3.81. The van der Waals surface area contributed by atoms with Gasteiger partial charge < -0.3 is 10.0 Å². The minimum atomic E-state index is -1.05. The fourth-order valence-electron chi connectivity index (χ4n) is 2.08. The van der Waals surface area contributed by atoms with Crippen molar-refractivity contribution in [1.82, 2.24) is 24.5 Å². The number of carbonyl (C=O) groups is 2. The van der Waals surface area contributed by atoms with Crippen LogP contribution in [0, 0.1) is 0 Å². The lowest BCUT2D eigenvalue weighted by Gasteiger charge is -2.18. The van der Waals surface area contributed by atoms with E-state index in [2.05, 4.69) is 26.1 Å². The molecule has 0 aliphatic heterocycles. The van der Waals surface area contributed by atoms with Crippen LogP contribution in [0.3, 0.4) is 0 Å². The van der Waals surface area contributed by atoms with Gasteiger partial charge in [-0.3, -0.25) is 14.3 Å². The lowest BCUT2D eigenvalue weighted by atomic mass is 10.3. The van der Waals surface area contributed by atoms with Crippen molar-refractivity contribution in [3.8, 4) is 0 Å². The highest BCUT2D eigenvalue weighted by Gasteiger charge is 2.20. The minimum absolute atomic E-state index is 0.239. The number of aryl methyl sites for hydroxylation is 1. The van der Waals surface area contributed by atoms with Gasteiger partial charge in [0.25, 0.3) is 5.91 Å². The zero-order chi connectivity index (χ0) is 16.3. The molecule has 0 fully saturated rings. The molecule has 22 heavy (non-hydrogen) atoms. The monoisotopic (exact) mass is 369 g/mol. The molecule has 2 rings (SSSR count). The van der Waals surface area contributed by atoms with Crippen molar-refractivity contribution >= 4 is 27.8 Å². The highest BCUT2D eigenvalue weighted by Crippen LogP contribution is 2.18. The molecule has 0 atom stereocenters. The van der Waals surface area contributed by atoms with Crippen molar-refractivity contribution in [2.24, 2.45) is 0 Å². The number of hydrogen-bond donors (Lipinski definition) is 1. The van der Waals surface area contributed by atoms with Crippen LogP contribution in [0.15, 0.2) is 22.9 Å². The van der Waals surface area contributed by atoms with Gasteiger partial charge in [0.1, 0.15) is 12.2 Å². The first-order valence-electron chi connectivity index (χ1n) is 6.63. The van der Waals surface area contributed by atoms with Crippen molar-refractivity contribution in [2.45, 2.75) is 26.6 Å². The Labute approximate surface area is 135 Å². The first kappa shape index (κ1) is 16.2. The van der Waals surface area contributed by atoms with Crippen LogP contribution in [0.1, 0.15) is 23.1 Å². The van der Waals surface area contributed by atoms with Crippen LogP contribution in [0.2, 0.25) is 0 Å². The fourth-order valence-corrected chi connectivity index (χ4v) is 2.50. The number of rotatable bonds is 6. The number of nitrogens with zero attached hydrogens (tertiary/aromatic N) is 5. The van der Waals surface area contributed by atoms with Crippen molar-refractivity contribution in [1.29, 1.82) is 0 Å². The summed E-state index contributed by atoms with van der Waals surface area (Å²) in [4.78, 5) is 24.8. The SMILES string of the molecule is CCn1ncc(Br)c1CN(C)C(=O)c1ccnn1CC(=O)O. The molecule has 8 nitrogen and oxygen atoms in total. The van der Waals surface area contributed by atoms with Gasteiger partial charge in [-0.25, -0.2) is 4.68 Å². The van der Waals surface area contributed by atoms with Crippen molar-refractivity contribution in [3.63, 3.8) is 0 Å². The van der Waals surface area contributed by atoms with Crippen LogP contribution >= 0.6 is 15.9 Å². The molecule has 0 aliphatic carbocycles. The van der Waals surface area contributed by atoms with Crippen molar-refractivity contribution < 1.29 is 14.7 Å². The lowest BCUT2D eigenvalue weighted by molar-refractivity contribution is -0.137. The average molecular weight is 370 g/mol. The van der Waals surface area contributed by atoms with Gasteiger partial charge in [0.2, 0.25) is 0 Å². The second kappa shape index (κ2) is 6.73. The van der Waals surface area contributed by atoms with E-state index in [-0.39, 0.29) is 18.1 Å². The van der Waals surface area contributed by atoms with Gasteiger partial charge in [0, 0.05) is 19.8 Å². The van der Waals surface area contributed by atoms with E-state index in [1.165, 1.54) is 21.8 Å². The summed E-state index contributed by atoms with van der Waals surface area (Å²) in [6, 6.07) is 1.51. The highest BCUT2D eigenvalue weighted by atomic mass is 79.9. The Morgan fingerprint density at radius 2 is 2.09 bits per heavy atom. The van der Waals surface area contributed by atoms with E-state index in [4.69, 9.17) is 5.11 Å². The number of halogens is 1. The second-order valence-corrected chi connectivity index (χ2v) is 5.54. The minimum Gasteiger partial charge on any atom is -0.480 e. The zero-order valence-electron chi connectivity index (χ0n) is 12.2. The van der Waals surface area contributed by atoms with Gasteiger partial charge in [-0.2, -0.15) is 10.2 Å². The normalized spacial score (nSPS) is 10.7. The molecule has 2 aromatic rings. The summed E-state index contributed by atoms with van der Waals surface area (Å²) in [5, 5.41) is 16.9. The van der Waals surface area contributed by atoms with Gasteiger partial charge in [-0.15, -0.1) is 0 Å². The van der Waals surface area contributed by atoms with Crippen LogP contribution in [0.4, 0.5) is 0 Å². The molecule has 0 radical (unpaired) electrons. The van der Waals surface area contributed by atoms with Gasteiger partial charge in [-0.1, -0.05) is 0 Å². The maximum Gasteiger partial charge on any atom is 0.325 e. The summed E-state index contributed by atoms with van der Waals surface area (Å²) >= 11 is 3.41. The Bertz CT molecular complexity index is 694. The standard InChI is InChI=1S/C13H16BrN5O3/c1-3-18-11(9(14)6-16-18)7-17(2)13(22)10-4-5-15-19(10)8-12(20)21/h4-6H,3,7-8H2,1-2H3,(H,20,21). The Morgan fingerprint density at radius 1 is 1.36 bits per heavy atom. The summed E-state index contributed by atoms with van der Waals surface area (Å²) in [6.07, 6.45) is 3.10. The number of hydrogen-bond acceptors (Lipinski definition) is 4. The smallest absolute Gasteiger partial charge is 0.325 e. The number of aliphatic carboxylic acids is 1. The maximum atomic E-state index is 12.5. The molecule has 1 N–H and O–H groups in total. The lowest BCUT2D eigenvalue weighted by Crippen LogP contribution is -2.30. The van der Waals surface area contributed by atoms with E-state index in [0.717, 1.165) is 10.2 Å². The fraction of sp³-hybridized carbons (Fsp3) is 0.385. The van der Waals surface area contributed by atoms with Crippen LogP contribution in [-0.2, 0) is 24.4 Å². The first-order valence-corrected chi connectivity index (χ1v) is 7.42. The summed E-state index contributed by atoms with van der Waals surface area (Å²) in [6.45, 7) is 2.66. The van der Waals surface area contributed by atoms with Gasteiger partial charge in [0.05, 0.1) is 22.9 Å². The summed E-state index contributed by atoms with van der Waals surface area (Å²) < 4.78 is 3.79. The van der Waals surface area contributed by atoms with E-state index in [0.29, 0.717) is 13.1 Å². The number of carboxylic acids is 1. The predicted molar refractivity (Wildman–Crippen MR) is 81.3 cm³/mol. The van der Waals surface area contributed by atoms with E-state index in [1.807, 2.05) is 6.92 Å². The van der Waals surface area contributed by atoms with Crippen LogP contribution in [-0.4, -0.2) is 48.5 Å². The van der Waals surface area contributed by atoms with Crippen molar-refractivity contribution in [2.75, 3.05) is 7.05 Å². The number of amides is 1. The van der Waals surface area contributed by atoms with Gasteiger partial charge in [0.15, 0.2) is 0 Å². The Kier molecular flexibility index (Phi) is 4.96. The highest BCUT2D eigenvalue weighted by molar-refractivity contribution is 9.10. The molecule has 2 aromatic heterocycles. The molecule has 2 heterocycles. The largest absolute Gasteiger partial charge is 0.480 e. The van der Waals surface area contributed by atoms with Crippen LogP contribution in [0.5, 0.6) is 0 Å². The number of carbonyl (C=O) groups excluding carboxylic acids is 1. The average Bonchev–Trinajstić information content (AvgIpc) is 3.05. The molecule has 9 heteroatoms. The maximum absolute atomic E-state index is 12.5. The number of aromatic nitrogens is 4. The molecular formula is C13H16BrN5O3. The molecule has 0 saturated heterocycles. The Morgan fingerprint density at radius 3 is 2.73 bits per heavy atom. The van der Waals surface area contributed by atoms with Crippen LogP contribution < -0.4 is 0 Å². The van der Waals surface area contributed by atoms with Crippen LogP contribution in [0.25, 0.3) is 0 Å². The third-order valence-electron chi connectivity index (χ3n) is 3.15. The third kappa shape index (κ3) is 3.35. The summed E-state index contributed by atoms with van der Waals surface area (Å²) in [7, 11) is 1.65.